The third kappa shape index (κ3) is 3.55. The van der Waals surface area contributed by atoms with E-state index in [0.29, 0.717) is 29.3 Å². The van der Waals surface area contributed by atoms with Gasteiger partial charge in [-0.25, -0.2) is 0 Å². The number of methoxy groups -OCH3 is 1. The summed E-state index contributed by atoms with van der Waals surface area (Å²) in [5, 5.41) is 11.3. The highest BCUT2D eigenvalue weighted by Crippen LogP contribution is 2.39. The van der Waals surface area contributed by atoms with Crippen molar-refractivity contribution in [2.75, 3.05) is 13.7 Å². The highest BCUT2D eigenvalue weighted by atomic mass is 35.5. The number of hydrogen-bond donors (Lipinski definition) is 1. The topological polar surface area (TPSA) is 66.8 Å². The van der Waals surface area contributed by atoms with E-state index in [0.717, 1.165) is 5.56 Å². The summed E-state index contributed by atoms with van der Waals surface area (Å²) >= 11 is 5.91. The molecule has 2 aromatic carbocycles. The van der Waals surface area contributed by atoms with Crippen molar-refractivity contribution in [3.63, 3.8) is 0 Å². The zero-order valence-corrected chi connectivity index (χ0v) is 15.9. The molecule has 0 spiro atoms. The Labute approximate surface area is 162 Å². The second-order valence-corrected chi connectivity index (χ2v) is 6.71. The van der Waals surface area contributed by atoms with Crippen molar-refractivity contribution in [1.82, 2.24) is 4.90 Å². The summed E-state index contributed by atoms with van der Waals surface area (Å²) in [7, 11) is 1.57. The lowest BCUT2D eigenvalue weighted by atomic mass is 9.95. The number of benzene rings is 2. The Balaban J connectivity index is 2.15. The van der Waals surface area contributed by atoms with Crippen LogP contribution in [0.4, 0.5) is 0 Å². The smallest absolute Gasteiger partial charge is 0.295 e. The van der Waals surface area contributed by atoms with Gasteiger partial charge in [0, 0.05) is 17.1 Å². The third-order valence-corrected chi connectivity index (χ3v) is 4.81. The first-order valence-electron chi connectivity index (χ1n) is 8.66. The van der Waals surface area contributed by atoms with Gasteiger partial charge in [-0.2, -0.15) is 0 Å². The van der Waals surface area contributed by atoms with E-state index < -0.39 is 17.7 Å². The van der Waals surface area contributed by atoms with E-state index in [1.54, 1.807) is 55.6 Å². The molecule has 6 heteroatoms. The molecular formula is C21H20ClNO4. The number of rotatable bonds is 5. The van der Waals surface area contributed by atoms with Crippen LogP contribution >= 0.6 is 11.6 Å². The maximum Gasteiger partial charge on any atom is 0.295 e. The molecule has 0 radical (unpaired) electrons. The number of halogens is 1. The van der Waals surface area contributed by atoms with Crippen LogP contribution < -0.4 is 4.74 Å². The van der Waals surface area contributed by atoms with E-state index in [4.69, 9.17) is 16.3 Å². The van der Waals surface area contributed by atoms with Gasteiger partial charge in [0.25, 0.3) is 11.7 Å². The van der Waals surface area contributed by atoms with Gasteiger partial charge < -0.3 is 14.7 Å². The fourth-order valence-electron chi connectivity index (χ4n) is 3.25. The molecule has 3 rings (SSSR count). The number of Topliss-reactive ketones (excluding diaryl/α,β-unsaturated/α-hetero) is 1. The van der Waals surface area contributed by atoms with Crippen LogP contribution in [0, 0.1) is 0 Å². The van der Waals surface area contributed by atoms with Gasteiger partial charge in [-0.15, -0.1) is 0 Å². The van der Waals surface area contributed by atoms with Gasteiger partial charge in [0.1, 0.15) is 11.5 Å². The number of ether oxygens (including phenoxy) is 1. The fourth-order valence-corrected chi connectivity index (χ4v) is 3.37. The SMILES string of the molecule is CCCN1C(=O)C(=O)/C(=C(\O)c2ccc(Cl)cc2)C1c1ccc(OC)cc1. The standard InChI is InChI=1S/C21H20ClNO4/c1-3-12-23-18(13-6-10-16(27-2)11-7-13)17(20(25)21(23)26)19(24)14-4-8-15(22)9-5-14/h4-11,18,24H,3,12H2,1-2H3/b19-17-. The lowest BCUT2D eigenvalue weighted by Crippen LogP contribution is -2.30. The normalized spacial score (nSPS) is 18.8. The van der Waals surface area contributed by atoms with Crippen LogP contribution in [0.5, 0.6) is 5.75 Å². The number of aliphatic hydroxyl groups excluding tert-OH is 1. The summed E-state index contributed by atoms with van der Waals surface area (Å²) in [6.07, 6.45) is 0.695. The molecule has 1 amide bonds. The van der Waals surface area contributed by atoms with Crippen LogP contribution in [0.3, 0.4) is 0 Å². The van der Waals surface area contributed by atoms with Gasteiger partial charge in [-0.1, -0.05) is 30.7 Å². The average molecular weight is 386 g/mol. The fraction of sp³-hybridized carbons (Fsp3) is 0.238. The first-order chi connectivity index (χ1) is 13.0. The number of amides is 1. The minimum Gasteiger partial charge on any atom is -0.507 e. The maximum atomic E-state index is 12.7. The van der Waals surface area contributed by atoms with Crippen molar-refractivity contribution in [2.24, 2.45) is 0 Å². The minimum absolute atomic E-state index is 0.0842. The third-order valence-electron chi connectivity index (χ3n) is 4.55. The number of likely N-dealkylation sites (tertiary alicyclic amines) is 1. The van der Waals surface area contributed by atoms with Gasteiger partial charge in [-0.05, 0) is 48.4 Å². The van der Waals surface area contributed by atoms with E-state index in [1.807, 2.05) is 6.92 Å². The van der Waals surface area contributed by atoms with Gasteiger partial charge >= 0.3 is 0 Å². The molecule has 0 aliphatic carbocycles. The largest absolute Gasteiger partial charge is 0.507 e. The zero-order chi connectivity index (χ0) is 19.6. The van der Waals surface area contributed by atoms with Crippen LogP contribution in [-0.4, -0.2) is 35.4 Å². The molecule has 1 fully saturated rings. The minimum atomic E-state index is -0.684. The predicted octanol–water partition coefficient (Wildman–Crippen LogP) is 4.18. The van der Waals surface area contributed by atoms with Crippen LogP contribution in [0.15, 0.2) is 54.1 Å². The second-order valence-electron chi connectivity index (χ2n) is 6.27. The second kappa shape index (κ2) is 7.84. The summed E-state index contributed by atoms with van der Waals surface area (Å²) in [6, 6.07) is 13.0. The van der Waals surface area contributed by atoms with Crippen LogP contribution in [0.25, 0.3) is 5.76 Å². The van der Waals surface area contributed by atoms with E-state index in [1.165, 1.54) is 4.90 Å². The molecule has 1 saturated heterocycles. The van der Waals surface area contributed by atoms with E-state index in [9.17, 15) is 14.7 Å². The van der Waals surface area contributed by atoms with Crippen LogP contribution in [0.2, 0.25) is 5.02 Å². The van der Waals surface area contributed by atoms with Crippen molar-refractivity contribution in [3.8, 4) is 5.75 Å². The summed E-state index contributed by atoms with van der Waals surface area (Å²) in [6.45, 7) is 2.35. The molecule has 27 heavy (non-hydrogen) atoms. The van der Waals surface area contributed by atoms with Crippen LogP contribution in [0.1, 0.15) is 30.5 Å². The number of nitrogens with zero attached hydrogens (tertiary/aromatic N) is 1. The molecule has 1 atom stereocenters. The molecular weight excluding hydrogens is 366 g/mol. The molecule has 1 heterocycles. The summed E-state index contributed by atoms with van der Waals surface area (Å²) < 4.78 is 5.18. The molecule has 1 N–H and O–H groups in total. The highest BCUT2D eigenvalue weighted by Gasteiger charge is 2.45. The quantitative estimate of drug-likeness (QED) is 0.476. The molecule has 5 nitrogen and oxygen atoms in total. The molecule has 1 aliphatic rings. The van der Waals surface area contributed by atoms with Crippen LogP contribution in [-0.2, 0) is 9.59 Å². The first kappa shape index (κ1) is 19.0. The Morgan fingerprint density at radius 2 is 1.74 bits per heavy atom. The lowest BCUT2D eigenvalue weighted by Gasteiger charge is -2.25. The van der Waals surface area contributed by atoms with Crippen molar-refractivity contribution in [2.45, 2.75) is 19.4 Å². The highest BCUT2D eigenvalue weighted by molar-refractivity contribution is 6.46. The maximum absolute atomic E-state index is 12.7. The summed E-state index contributed by atoms with van der Waals surface area (Å²) in [5.74, 6) is -0.821. The van der Waals surface area contributed by atoms with Crippen molar-refractivity contribution < 1.29 is 19.4 Å². The number of aliphatic hydroxyl groups is 1. The molecule has 2 aromatic rings. The van der Waals surface area contributed by atoms with E-state index in [2.05, 4.69) is 0 Å². The van der Waals surface area contributed by atoms with Gasteiger partial charge in [0.05, 0.1) is 18.7 Å². The Morgan fingerprint density at radius 3 is 2.30 bits per heavy atom. The summed E-state index contributed by atoms with van der Waals surface area (Å²) in [5.41, 5.74) is 1.26. The first-order valence-corrected chi connectivity index (χ1v) is 9.04. The number of carbonyl (C=O) groups excluding carboxylic acids is 2. The Kier molecular flexibility index (Phi) is 5.51. The Bertz CT molecular complexity index is 887. The molecule has 0 saturated carbocycles. The number of ketones is 1. The van der Waals surface area contributed by atoms with Crippen molar-refractivity contribution >= 4 is 29.1 Å². The zero-order valence-electron chi connectivity index (χ0n) is 15.1. The number of hydrogen-bond acceptors (Lipinski definition) is 4. The lowest BCUT2D eigenvalue weighted by molar-refractivity contribution is -0.139. The molecule has 0 aromatic heterocycles. The van der Waals surface area contributed by atoms with E-state index >= 15 is 0 Å². The van der Waals surface area contributed by atoms with E-state index in [-0.39, 0.29) is 11.3 Å². The molecule has 0 bridgehead atoms. The summed E-state index contributed by atoms with van der Waals surface area (Å²) in [4.78, 5) is 26.8. The Hall–Kier alpha value is -2.79. The molecule has 1 aliphatic heterocycles. The van der Waals surface area contributed by atoms with Gasteiger partial charge in [-0.3, -0.25) is 9.59 Å². The predicted molar refractivity (Wildman–Crippen MR) is 104 cm³/mol. The van der Waals surface area contributed by atoms with Crippen molar-refractivity contribution in [3.05, 3.63) is 70.3 Å². The Morgan fingerprint density at radius 1 is 1.11 bits per heavy atom. The number of carbonyl (C=O) groups is 2. The van der Waals surface area contributed by atoms with Gasteiger partial charge in [0.2, 0.25) is 0 Å². The molecule has 1 unspecified atom stereocenters. The van der Waals surface area contributed by atoms with Crippen molar-refractivity contribution in [1.29, 1.82) is 0 Å². The molecule has 140 valence electrons. The van der Waals surface area contributed by atoms with Gasteiger partial charge in [0.15, 0.2) is 0 Å². The average Bonchev–Trinajstić information content (AvgIpc) is 2.93. The monoisotopic (exact) mass is 385 g/mol.